The Balaban J connectivity index is 1.97. The van der Waals surface area contributed by atoms with Gasteiger partial charge in [-0.1, -0.05) is 28.9 Å². The van der Waals surface area contributed by atoms with E-state index in [2.05, 4.69) is 72.0 Å². The van der Waals surface area contributed by atoms with Gasteiger partial charge >= 0.3 is 0 Å². The lowest BCUT2D eigenvalue weighted by atomic mass is 9.79. The number of anilines is 2. The molecule has 2 aromatic carbocycles. The molecule has 1 aliphatic rings. The van der Waals surface area contributed by atoms with Crippen molar-refractivity contribution in [2.75, 3.05) is 16.8 Å². The highest BCUT2D eigenvalue weighted by Gasteiger charge is 2.35. The fourth-order valence-electron chi connectivity index (χ4n) is 4.47. The lowest BCUT2D eigenvalue weighted by Crippen LogP contribution is -2.48. The van der Waals surface area contributed by atoms with Gasteiger partial charge in [-0.25, -0.2) is 0 Å². The van der Waals surface area contributed by atoms with E-state index in [1.54, 1.807) is 18.2 Å². The Hall–Kier alpha value is -2.58. The number of hydrogen-bond donors (Lipinski definition) is 1. The molecule has 1 N–H and O–H groups in total. The number of amides is 1. The number of nitrogens with zero attached hydrogens (tertiary/aromatic N) is 2. The first-order valence-corrected chi connectivity index (χ1v) is 11.1. The molecule has 1 aliphatic heterocycles. The Kier molecular flexibility index (Phi) is 6.38. The van der Waals surface area contributed by atoms with Gasteiger partial charge in [-0.05, 0) is 93.1 Å². The molecule has 30 heavy (non-hydrogen) atoms. The number of benzene rings is 2. The molecule has 0 saturated heterocycles. The van der Waals surface area contributed by atoms with Gasteiger partial charge in [0.2, 0.25) is 0 Å². The second kappa shape index (κ2) is 8.65. The number of aryl methyl sites for hydroxylation is 1. The van der Waals surface area contributed by atoms with Crippen molar-refractivity contribution in [1.29, 1.82) is 5.26 Å². The normalized spacial score (nSPS) is 17.8. The summed E-state index contributed by atoms with van der Waals surface area (Å²) in [6, 6.07) is 13.7. The van der Waals surface area contributed by atoms with E-state index in [-0.39, 0.29) is 11.1 Å². The third kappa shape index (κ3) is 4.44. The summed E-state index contributed by atoms with van der Waals surface area (Å²) < 4.78 is 0.866. The van der Waals surface area contributed by atoms with Crippen LogP contribution in [0, 0.1) is 18.3 Å². The largest absolute Gasteiger partial charge is 0.366 e. The highest BCUT2D eigenvalue weighted by atomic mass is 79.9. The fraction of sp³-hybridized carbons (Fsp3) is 0.360. The first kappa shape index (κ1) is 22.1. The molecule has 1 unspecified atom stereocenters. The lowest BCUT2D eigenvalue weighted by molar-refractivity contribution is -0.112. The summed E-state index contributed by atoms with van der Waals surface area (Å²) in [4.78, 5) is 15.1. The van der Waals surface area contributed by atoms with Gasteiger partial charge in [0.15, 0.2) is 0 Å². The Morgan fingerprint density at radius 2 is 2.10 bits per heavy atom. The maximum absolute atomic E-state index is 12.7. The molecule has 0 spiro atoms. The average Bonchev–Trinajstić information content (AvgIpc) is 2.66. The standard InChI is InChI=1S/C25H28BrN3O/c1-6-29-23-10-16(2)18(12-22(23)17(3)14-25(29,4)5)11-19(15-27)24(30)28-21-9-7-8-20(26)13-21/h7-13,17H,6,14H2,1-5H3,(H,28,30)/b19-11-. The Bertz CT molecular complexity index is 1050. The van der Waals surface area contributed by atoms with Crippen LogP contribution in [0.1, 0.15) is 56.7 Å². The van der Waals surface area contributed by atoms with Crippen molar-refractivity contribution >= 4 is 39.3 Å². The van der Waals surface area contributed by atoms with Crippen molar-refractivity contribution in [3.8, 4) is 6.07 Å². The number of halogens is 1. The molecule has 2 aromatic rings. The van der Waals surface area contributed by atoms with Gasteiger partial charge in [-0.2, -0.15) is 5.26 Å². The molecule has 156 valence electrons. The molecule has 0 radical (unpaired) electrons. The first-order chi connectivity index (χ1) is 14.2. The number of nitriles is 1. The molecule has 4 nitrogen and oxygen atoms in total. The molecule has 3 rings (SSSR count). The van der Waals surface area contributed by atoms with E-state index in [4.69, 9.17) is 0 Å². The minimum Gasteiger partial charge on any atom is -0.366 e. The molecule has 5 heteroatoms. The second-order valence-electron chi connectivity index (χ2n) is 8.56. The molecule has 0 saturated carbocycles. The summed E-state index contributed by atoms with van der Waals surface area (Å²) in [7, 11) is 0. The molecule has 0 bridgehead atoms. The minimum atomic E-state index is -0.405. The van der Waals surface area contributed by atoms with Crippen LogP contribution in [0.2, 0.25) is 0 Å². The number of rotatable bonds is 4. The monoisotopic (exact) mass is 465 g/mol. The van der Waals surface area contributed by atoms with Crippen LogP contribution < -0.4 is 10.2 Å². The van der Waals surface area contributed by atoms with Gasteiger partial charge in [0.25, 0.3) is 5.91 Å². The molecule has 1 atom stereocenters. The Morgan fingerprint density at radius 3 is 2.73 bits per heavy atom. The summed E-state index contributed by atoms with van der Waals surface area (Å²) >= 11 is 3.39. The number of fused-ring (bicyclic) bond motifs is 1. The third-order valence-corrected chi connectivity index (χ3v) is 6.33. The number of carbonyl (C=O) groups is 1. The topological polar surface area (TPSA) is 56.1 Å². The molecular formula is C25H28BrN3O. The van der Waals surface area contributed by atoms with Gasteiger partial charge in [0.1, 0.15) is 11.6 Å². The summed E-state index contributed by atoms with van der Waals surface area (Å²) in [5.41, 5.74) is 5.34. The van der Waals surface area contributed by atoms with Gasteiger partial charge in [-0.3, -0.25) is 4.79 Å². The predicted molar refractivity (Wildman–Crippen MR) is 128 cm³/mol. The van der Waals surface area contributed by atoms with Crippen molar-refractivity contribution in [2.45, 2.75) is 52.5 Å². The number of nitrogens with one attached hydrogen (secondary N) is 1. The van der Waals surface area contributed by atoms with E-state index in [9.17, 15) is 10.1 Å². The summed E-state index contributed by atoms with van der Waals surface area (Å²) in [5, 5.41) is 12.4. The van der Waals surface area contributed by atoms with Gasteiger partial charge in [0.05, 0.1) is 0 Å². The maximum Gasteiger partial charge on any atom is 0.266 e. The molecule has 0 aliphatic carbocycles. The van der Waals surface area contributed by atoms with Crippen molar-refractivity contribution in [2.24, 2.45) is 0 Å². The van der Waals surface area contributed by atoms with Crippen molar-refractivity contribution in [1.82, 2.24) is 0 Å². The molecule has 1 amide bonds. The predicted octanol–water partition coefficient (Wildman–Crippen LogP) is 6.42. The fourth-order valence-corrected chi connectivity index (χ4v) is 4.87. The Labute approximate surface area is 187 Å². The quantitative estimate of drug-likeness (QED) is 0.418. The van der Waals surface area contributed by atoms with Crippen molar-refractivity contribution in [3.63, 3.8) is 0 Å². The van der Waals surface area contributed by atoms with E-state index in [0.29, 0.717) is 11.6 Å². The number of carbonyl (C=O) groups excluding carboxylic acids is 1. The minimum absolute atomic E-state index is 0.0918. The van der Waals surface area contributed by atoms with Crippen LogP contribution in [0.3, 0.4) is 0 Å². The molecular weight excluding hydrogens is 438 g/mol. The van der Waals surface area contributed by atoms with E-state index in [1.165, 1.54) is 11.3 Å². The van der Waals surface area contributed by atoms with Crippen LogP contribution in [-0.2, 0) is 4.79 Å². The van der Waals surface area contributed by atoms with Crippen LogP contribution in [0.25, 0.3) is 6.08 Å². The second-order valence-corrected chi connectivity index (χ2v) is 9.48. The smallest absolute Gasteiger partial charge is 0.266 e. The number of hydrogen-bond acceptors (Lipinski definition) is 3. The van der Waals surface area contributed by atoms with E-state index >= 15 is 0 Å². The summed E-state index contributed by atoms with van der Waals surface area (Å²) in [6.45, 7) is 12.0. The van der Waals surface area contributed by atoms with Crippen LogP contribution in [0.5, 0.6) is 0 Å². The highest BCUT2D eigenvalue weighted by molar-refractivity contribution is 9.10. The lowest BCUT2D eigenvalue weighted by Gasteiger charge is -2.47. The van der Waals surface area contributed by atoms with E-state index in [1.807, 2.05) is 19.1 Å². The van der Waals surface area contributed by atoms with Crippen LogP contribution in [0.15, 0.2) is 46.4 Å². The van der Waals surface area contributed by atoms with E-state index in [0.717, 1.165) is 28.6 Å². The zero-order valence-corrected chi connectivity index (χ0v) is 19.8. The van der Waals surface area contributed by atoms with Gasteiger partial charge in [-0.15, -0.1) is 0 Å². The zero-order valence-electron chi connectivity index (χ0n) is 18.2. The highest BCUT2D eigenvalue weighted by Crippen LogP contribution is 2.44. The van der Waals surface area contributed by atoms with Gasteiger partial charge in [0, 0.05) is 27.9 Å². The molecule has 0 aromatic heterocycles. The summed E-state index contributed by atoms with van der Waals surface area (Å²) in [5.74, 6) is 0.00340. The average molecular weight is 466 g/mol. The summed E-state index contributed by atoms with van der Waals surface area (Å²) in [6.07, 6.45) is 2.76. The van der Waals surface area contributed by atoms with Gasteiger partial charge < -0.3 is 10.2 Å². The van der Waals surface area contributed by atoms with Crippen LogP contribution in [0.4, 0.5) is 11.4 Å². The Morgan fingerprint density at radius 1 is 1.37 bits per heavy atom. The van der Waals surface area contributed by atoms with Crippen LogP contribution >= 0.6 is 15.9 Å². The molecule has 1 heterocycles. The SMILES string of the molecule is CCN1c2cc(C)c(/C=C(/C#N)C(=O)Nc3cccc(Br)c3)cc2C(C)CC1(C)C. The zero-order chi connectivity index (χ0) is 22.1. The van der Waals surface area contributed by atoms with Crippen molar-refractivity contribution in [3.05, 3.63) is 63.1 Å². The molecule has 0 fully saturated rings. The van der Waals surface area contributed by atoms with E-state index < -0.39 is 5.91 Å². The first-order valence-electron chi connectivity index (χ1n) is 10.3. The van der Waals surface area contributed by atoms with Crippen molar-refractivity contribution < 1.29 is 4.79 Å². The third-order valence-electron chi connectivity index (χ3n) is 5.84. The maximum atomic E-state index is 12.7. The van der Waals surface area contributed by atoms with Crippen LogP contribution in [-0.4, -0.2) is 18.0 Å².